The molecular weight excluding hydrogens is 323 g/mol. The Kier molecular flexibility index (Phi) is 3.87. The van der Waals surface area contributed by atoms with Crippen molar-refractivity contribution in [1.29, 1.82) is 0 Å². The van der Waals surface area contributed by atoms with Crippen LogP contribution in [0.15, 0.2) is 30.0 Å². The number of phenolic OH excluding ortho intramolecular Hbond substituents is 4. The highest BCUT2D eigenvalue weighted by molar-refractivity contribution is 6.36. The van der Waals surface area contributed by atoms with Crippen LogP contribution in [0, 0.1) is 0 Å². The summed E-state index contributed by atoms with van der Waals surface area (Å²) < 4.78 is 0. The van der Waals surface area contributed by atoms with Crippen molar-refractivity contribution in [2.45, 2.75) is 19.3 Å². The number of Topliss-reactive ketones (excluding diaryl/α,β-unsaturated/α-hetero) is 1. The fourth-order valence-electron chi connectivity index (χ4n) is 2.97. The van der Waals surface area contributed by atoms with Crippen LogP contribution in [-0.2, 0) is 11.2 Å². The van der Waals surface area contributed by atoms with E-state index in [1.807, 2.05) is 0 Å². The maximum Gasteiger partial charge on any atom is 0.182 e. The summed E-state index contributed by atoms with van der Waals surface area (Å²) in [5.41, 5.74) is 0.526. The molecule has 0 heterocycles. The molecular formula is C18H15BO6. The van der Waals surface area contributed by atoms with Crippen molar-refractivity contribution < 1.29 is 30.3 Å². The molecule has 0 saturated heterocycles. The van der Waals surface area contributed by atoms with E-state index in [4.69, 9.17) is 7.85 Å². The molecule has 0 amide bonds. The normalized spacial score (nSPS) is 16.8. The van der Waals surface area contributed by atoms with E-state index in [2.05, 4.69) is 0 Å². The zero-order valence-corrected chi connectivity index (χ0v) is 13.3. The summed E-state index contributed by atoms with van der Waals surface area (Å²) >= 11 is 0. The highest BCUT2D eigenvalue weighted by Crippen LogP contribution is 2.48. The zero-order chi connectivity index (χ0) is 18.5. The van der Waals surface area contributed by atoms with Gasteiger partial charge in [0.15, 0.2) is 5.78 Å². The lowest BCUT2D eigenvalue weighted by Crippen LogP contribution is -2.29. The van der Waals surface area contributed by atoms with Gasteiger partial charge in [-0.25, -0.2) is 0 Å². The summed E-state index contributed by atoms with van der Waals surface area (Å²) in [6.07, 6.45) is 0.479. The topological polar surface area (TPSA) is 118 Å². The minimum Gasteiger partial charge on any atom is -0.510 e. The Morgan fingerprint density at radius 2 is 1.56 bits per heavy atom. The number of ketones is 1. The predicted octanol–water partition coefficient (Wildman–Crippen LogP) is 1.50. The number of phenols is 4. The molecule has 1 aliphatic carbocycles. The maximum atomic E-state index is 12.6. The number of aliphatic hydroxyl groups excluding tert-OH is 1. The number of aromatic hydroxyl groups is 4. The second-order valence-electron chi connectivity index (χ2n) is 5.88. The average Bonchev–Trinajstić information content (AvgIpc) is 2.55. The zero-order valence-electron chi connectivity index (χ0n) is 13.3. The van der Waals surface area contributed by atoms with Crippen molar-refractivity contribution in [2.75, 3.05) is 0 Å². The van der Waals surface area contributed by atoms with Gasteiger partial charge in [0, 0.05) is 23.3 Å². The van der Waals surface area contributed by atoms with E-state index in [0.717, 1.165) is 12.1 Å². The molecule has 7 heteroatoms. The quantitative estimate of drug-likeness (QED) is 0.541. The molecule has 6 nitrogen and oxygen atoms in total. The number of aryl methyl sites for hydroxylation is 1. The summed E-state index contributed by atoms with van der Waals surface area (Å²) in [5, 5.41) is 49.5. The van der Waals surface area contributed by atoms with Gasteiger partial charge in [-0.15, -0.1) is 0 Å². The predicted molar refractivity (Wildman–Crippen MR) is 91.6 cm³/mol. The van der Waals surface area contributed by atoms with Gasteiger partial charge in [-0.1, -0.05) is 18.5 Å². The van der Waals surface area contributed by atoms with Crippen molar-refractivity contribution in [3.8, 4) is 23.0 Å². The molecule has 126 valence electrons. The van der Waals surface area contributed by atoms with Gasteiger partial charge in [-0.05, 0) is 18.1 Å². The van der Waals surface area contributed by atoms with Gasteiger partial charge in [0.25, 0.3) is 0 Å². The van der Waals surface area contributed by atoms with Gasteiger partial charge in [0.05, 0.1) is 5.57 Å². The van der Waals surface area contributed by atoms with E-state index < -0.39 is 17.5 Å². The first-order valence-corrected chi connectivity index (χ1v) is 7.60. The Bertz CT molecular complexity index is 932. The minimum absolute atomic E-state index is 0.00281. The number of benzene rings is 2. The monoisotopic (exact) mass is 338 g/mol. The van der Waals surface area contributed by atoms with Gasteiger partial charge in [-0.2, -0.15) is 0 Å². The van der Waals surface area contributed by atoms with Gasteiger partial charge >= 0.3 is 0 Å². The third-order valence-electron chi connectivity index (χ3n) is 4.37. The SMILES string of the molecule is [B]c1cc(C2=C(O)C(c3cc(CC)c(O)cc3O)C2=O)c(O)cc1O. The molecule has 0 saturated carbocycles. The van der Waals surface area contributed by atoms with Crippen molar-refractivity contribution in [3.05, 3.63) is 46.7 Å². The Morgan fingerprint density at radius 1 is 0.920 bits per heavy atom. The summed E-state index contributed by atoms with van der Waals surface area (Å²) in [5.74, 6) is -3.07. The van der Waals surface area contributed by atoms with Crippen LogP contribution in [0.2, 0.25) is 0 Å². The van der Waals surface area contributed by atoms with Crippen LogP contribution in [0.1, 0.15) is 29.5 Å². The summed E-state index contributed by atoms with van der Waals surface area (Å²) in [6.45, 7) is 1.80. The molecule has 2 aromatic carbocycles. The third-order valence-corrected chi connectivity index (χ3v) is 4.37. The van der Waals surface area contributed by atoms with E-state index in [1.54, 1.807) is 6.92 Å². The number of rotatable bonds is 3. The van der Waals surface area contributed by atoms with E-state index in [1.165, 1.54) is 12.1 Å². The van der Waals surface area contributed by atoms with Gasteiger partial charge in [-0.3, -0.25) is 4.79 Å². The highest BCUT2D eigenvalue weighted by atomic mass is 16.3. The summed E-state index contributed by atoms with van der Waals surface area (Å²) in [7, 11) is 5.58. The fourth-order valence-corrected chi connectivity index (χ4v) is 2.97. The molecule has 5 N–H and O–H groups in total. The molecule has 3 rings (SSSR count). The first-order chi connectivity index (χ1) is 11.8. The van der Waals surface area contributed by atoms with Crippen molar-refractivity contribution in [3.63, 3.8) is 0 Å². The summed E-state index contributed by atoms with van der Waals surface area (Å²) in [6, 6.07) is 4.77. The number of hydrogen-bond donors (Lipinski definition) is 5. The molecule has 1 atom stereocenters. The lowest BCUT2D eigenvalue weighted by molar-refractivity contribution is -0.116. The van der Waals surface area contributed by atoms with E-state index in [9.17, 15) is 30.3 Å². The van der Waals surface area contributed by atoms with Crippen LogP contribution in [0.4, 0.5) is 0 Å². The molecule has 0 aromatic heterocycles. The lowest BCUT2D eigenvalue weighted by atomic mass is 9.73. The van der Waals surface area contributed by atoms with Crippen LogP contribution < -0.4 is 5.46 Å². The van der Waals surface area contributed by atoms with Gasteiger partial charge in [0.1, 0.15) is 42.5 Å². The number of hydrogen-bond acceptors (Lipinski definition) is 6. The molecule has 0 aliphatic heterocycles. The van der Waals surface area contributed by atoms with Crippen molar-refractivity contribution in [1.82, 2.24) is 0 Å². The number of carbonyl (C=O) groups excluding carboxylic acids is 1. The second kappa shape index (κ2) is 5.77. The lowest BCUT2D eigenvalue weighted by Gasteiger charge is -2.29. The minimum atomic E-state index is -1.09. The fraction of sp³-hybridized carbons (Fsp3) is 0.167. The molecule has 0 fully saturated rings. The second-order valence-corrected chi connectivity index (χ2v) is 5.88. The van der Waals surface area contributed by atoms with E-state index >= 15 is 0 Å². The standard InChI is InChI=1S/C18H15BO6/c1-2-7-3-8(12(21)5-11(7)20)15-17(24)16(18(15)25)9-4-10(19)14(23)6-13(9)22/h3-6,15,20-24H,2H2,1H3. The first kappa shape index (κ1) is 16.8. The third kappa shape index (κ3) is 2.48. The van der Waals surface area contributed by atoms with Crippen LogP contribution >= 0.6 is 0 Å². The number of allylic oxidation sites excluding steroid dienone is 2. The van der Waals surface area contributed by atoms with Crippen LogP contribution in [0.3, 0.4) is 0 Å². The van der Waals surface area contributed by atoms with Crippen LogP contribution in [0.25, 0.3) is 5.57 Å². The molecule has 1 unspecified atom stereocenters. The maximum absolute atomic E-state index is 12.6. The number of aliphatic hydroxyl groups is 1. The molecule has 25 heavy (non-hydrogen) atoms. The Hall–Kier alpha value is -3.09. The molecule has 2 aromatic rings. The van der Waals surface area contributed by atoms with Crippen molar-refractivity contribution >= 4 is 24.7 Å². The summed E-state index contributed by atoms with van der Waals surface area (Å²) in [4.78, 5) is 12.6. The highest BCUT2D eigenvalue weighted by Gasteiger charge is 2.43. The average molecular weight is 338 g/mol. The molecule has 2 radical (unpaired) electrons. The molecule has 1 aliphatic rings. The van der Waals surface area contributed by atoms with Crippen LogP contribution in [-0.4, -0.2) is 39.2 Å². The van der Waals surface area contributed by atoms with E-state index in [-0.39, 0.29) is 45.2 Å². The van der Waals surface area contributed by atoms with Gasteiger partial charge < -0.3 is 25.5 Å². The molecule has 0 spiro atoms. The number of carbonyl (C=O) groups is 1. The van der Waals surface area contributed by atoms with Crippen LogP contribution in [0.5, 0.6) is 23.0 Å². The van der Waals surface area contributed by atoms with E-state index in [0.29, 0.717) is 12.0 Å². The largest absolute Gasteiger partial charge is 0.510 e. The molecule has 0 bridgehead atoms. The Morgan fingerprint density at radius 3 is 2.16 bits per heavy atom. The first-order valence-electron chi connectivity index (χ1n) is 7.60. The Balaban J connectivity index is 2.10. The Labute approximate surface area is 144 Å². The van der Waals surface area contributed by atoms with Crippen molar-refractivity contribution in [2.24, 2.45) is 0 Å². The van der Waals surface area contributed by atoms with Gasteiger partial charge in [0.2, 0.25) is 0 Å². The smallest absolute Gasteiger partial charge is 0.182 e.